The molecule has 2 aliphatic rings. The zero-order valence-corrected chi connectivity index (χ0v) is 19.6. The van der Waals surface area contributed by atoms with Crippen LogP contribution >= 0.6 is 11.6 Å². The Morgan fingerprint density at radius 2 is 1.88 bits per heavy atom. The summed E-state index contributed by atoms with van der Waals surface area (Å²) >= 11 is 5.70. The van der Waals surface area contributed by atoms with Crippen LogP contribution in [0.15, 0.2) is 30.5 Å². The van der Waals surface area contributed by atoms with Crippen molar-refractivity contribution >= 4 is 23.2 Å². The molecule has 3 atom stereocenters. The minimum atomic E-state index is -4.71. The molecule has 1 aromatic carbocycles. The van der Waals surface area contributed by atoms with E-state index < -0.39 is 34.4 Å². The molecule has 1 unspecified atom stereocenters. The van der Waals surface area contributed by atoms with Gasteiger partial charge in [0.15, 0.2) is 11.6 Å². The second-order valence-electron chi connectivity index (χ2n) is 9.66. The summed E-state index contributed by atoms with van der Waals surface area (Å²) in [5.74, 6) is -2.00. The summed E-state index contributed by atoms with van der Waals surface area (Å²) in [4.78, 5) is 30.8. The summed E-state index contributed by atoms with van der Waals surface area (Å²) in [7, 11) is 0. The van der Waals surface area contributed by atoms with Gasteiger partial charge in [-0.05, 0) is 54.0 Å². The number of alkyl halides is 3. The molecule has 1 heterocycles. The van der Waals surface area contributed by atoms with Gasteiger partial charge in [0, 0.05) is 17.5 Å². The van der Waals surface area contributed by atoms with Gasteiger partial charge in [0.05, 0.1) is 5.02 Å². The van der Waals surface area contributed by atoms with Crippen LogP contribution in [0, 0.1) is 16.7 Å². The Bertz CT molecular complexity index is 1140. The maximum Gasteiger partial charge on any atom is 0.421 e. The van der Waals surface area contributed by atoms with Crippen molar-refractivity contribution in [3.8, 4) is 11.6 Å². The van der Waals surface area contributed by atoms with E-state index in [1.54, 1.807) is 6.07 Å². The molecule has 176 valence electrons. The number of fused-ring (bicyclic) bond motifs is 2. The van der Waals surface area contributed by atoms with Crippen molar-refractivity contribution in [1.82, 2.24) is 4.98 Å². The smallest absolute Gasteiger partial charge is 0.421 e. The van der Waals surface area contributed by atoms with E-state index in [-0.39, 0.29) is 28.3 Å². The molecule has 4 rings (SSSR count). The van der Waals surface area contributed by atoms with Crippen molar-refractivity contribution in [2.24, 2.45) is 16.7 Å². The SMILES string of the molecule is CCc1ccc(Oc2ncc(Cl)cc2C(F)(F)F)cc1C1C(=O)[C@@H]2CC[C@](C)(C1=O)C2(C)C. The van der Waals surface area contributed by atoms with Crippen molar-refractivity contribution in [1.29, 1.82) is 0 Å². The van der Waals surface area contributed by atoms with Crippen LogP contribution in [0.25, 0.3) is 0 Å². The van der Waals surface area contributed by atoms with E-state index in [4.69, 9.17) is 16.3 Å². The van der Waals surface area contributed by atoms with Gasteiger partial charge in [0.1, 0.15) is 17.2 Å². The first-order chi connectivity index (χ1) is 15.3. The number of halogens is 4. The van der Waals surface area contributed by atoms with Crippen molar-refractivity contribution < 1.29 is 27.5 Å². The summed E-state index contributed by atoms with van der Waals surface area (Å²) in [5.41, 5.74) is -0.891. The minimum absolute atomic E-state index is 0.0745. The molecule has 2 saturated carbocycles. The number of pyridine rings is 1. The largest absolute Gasteiger partial charge is 0.438 e. The average molecular weight is 480 g/mol. The number of benzene rings is 1. The molecule has 0 N–H and O–H groups in total. The molecular formula is C25H25ClF3NO3. The van der Waals surface area contributed by atoms with Crippen molar-refractivity contribution in [3.05, 3.63) is 52.2 Å². The lowest BCUT2D eigenvalue weighted by molar-refractivity contribution is -0.149. The predicted octanol–water partition coefficient (Wildman–Crippen LogP) is 6.79. The standard InChI is InChI=1S/C25H25ClF3NO3/c1-5-13-6-7-15(33-22-18(25(27,28)29)10-14(26)12-30-22)11-16(13)19-20(31)17-8-9-24(4,21(19)32)23(17,2)3/h6-7,10-12,17,19H,5,8-9H2,1-4H3/t17-,19?,24+/m0/s1. The highest BCUT2D eigenvalue weighted by molar-refractivity contribution is 6.30. The number of carbonyl (C=O) groups is 2. The van der Waals surface area contributed by atoms with Gasteiger partial charge < -0.3 is 4.74 Å². The molecule has 1 aromatic heterocycles. The van der Waals surface area contributed by atoms with E-state index in [1.807, 2.05) is 27.7 Å². The lowest BCUT2D eigenvalue weighted by Crippen LogP contribution is -2.52. The molecule has 0 saturated heterocycles. The molecule has 4 nitrogen and oxygen atoms in total. The van der Waals surface area contributed by atoms with Crippen LogP contribution in [-0.4, -0.2) is 16.6 Å². The quantitative estimate of drug-likeness (QED) is 0.453. The molecule has 2 fully saturated rings. The number of ether oxygens (including phenoxy) is 1. The molecule has 0 spiro atoms. The van der Waals surface area contributed by atoms with Crippen LogP contribution in [0.5, 0.6) is 11.6 Å². The highest BCUT2D eigenvalue weighted by atomic mass is 35.5. The Balaban J connectivity index is 1.77. The number of hydrogen-bond donors (Lipinski definition) is 0. The summed E-state index contributed by atoms with van der Waals surface area (Å²) < 4.78 is 45.9. The first-order valence-electron chi connectivity index (χ1n) is 10.9. The summed E-state index contributed by atoms with van der Waals surface area (Å²) in [6.07, 6.45) is -1.78. The van der Waals surface area contributed by atoms with Gasteiger partial charge in [-0.25, -0.2) is 4.98 Å². The zero-order valence-electron chi connectivity index (χ0n) is 18.8. The van der Waals surface area contributed by atoms with Gasteiger partial charge in [0.25, 0.3) is 0 Å². The van der Waals surface area contributed by atoms with Crippen LogP contribution in [0.2, 0.25) is 5.02 Å². The number of aryl methyl sites for hydroxylation is 1. The number of ketones is 2. The van der Waals surface area contributed by atoms with E-state index in [1.165, 1.54) is 12.1 Å². The lowest BCUT2D eigenvalue weighted by atomic mass is 9.54. The normalized spacial score (nSPS) is 26.5. The monoisotopic (exact) mass is 479 g/mol. The third-order valence-electron chi connectivity index (χ3n) is 7.81. The van der Waals surface area contributed by atoms with Crippen molar-refractivity contribution in [3.63, 3.8) is 0 Å². The Kier molecular flexibility index (Phi) is 5.63. The molecule has 0 aliphatic heterocycles. The predicted molar refractivity (Wildman–Crippen MR) is 118 cm³/mol. The molecule has 33 heavy (non-hydrogen) atoms. The van der Waals surface area contributed by atoms with Gasteiger partial charge in [-0.3, -0.25) is 9.59 Å². The van der Waals surface area contributed by atoms with Gasteiger partial charge in [-0.1, -0.05) is 45.4 Å². The van der Waals surface area contributed by atoms with Gasteiger partial charge >= 0.3 is 6.18 Å². The fourth-order valence-electron chi connectivity index (χ4n) is 5.43. The zero-order chi connectivity index (χ0) is 24.3. The number of hydrogen-bond acceptors (Lipinski definition) is 4. The topological polar surface area (TPSA) is 56.3 Å². The first-order valence-corrected chi connectivity index (χ1v) is 11.3. The van der Waals surface area contributed by atoms with E-state index in [0.29, 0.717) is 24.8 Å². The summed E-state index contributed by atoms with van der Waals surface area (Å²) in [5, 5.41) is -0.165. The van der Waals surface area contributed by atoms with Crippen LogP contribution < -0.4 is 4.74 Å². The van der Waals surface area contributed by atoms with Crippen LogP contribution in [0.3, 0.4) is 0 Å². The minimum Gasteiger partial charge on any atom is -0.438 e. The van der Waals surface area contributed by atoms with E-state index in [2.05, 4.69) is 4.98 Å². The summed E-state index contributed by atoms with van der Waals surface area (Å²) in [6.45, 7) is 7.78. The second-order valence-corrected chi connectivity index (χ2v) is 10.1. The fourth-order valence-corrected chi connectivity index (χ4v) is 5.59. The average Bonchev–Trinajstić information content (AvgIpc) is 2.92. The number of Topliss-reactive ketones (excluding diaryl/α,β-unsaturated/α-hetero) is 2. The Hall–Kier alpha value is -2.41. The van der Waals surface area contributed by atoms with Gasteiger partial charge in [-0.2, -0.15) is 13.2 Å². The Labute approximate surface area is 195 Å². The van der Waals surface area contributed by atoms with Gasteiger partial charge in [0.2, 0.25) is 5.88 Å². The van der Waals surface area contributed by atoms with E-state index >= 15 is 0 Å². The molecule has 2 bridgehead atoms. The molecule has 2 aliphatic carbocycles. The first kappa shape index (κ1) is 23.7. The van der Waals surface area contributed by atoms with E-state index in [0.717, 1.165) is 17.8 Å². The van der Waals surface area contributed by atoms with Crippen molar-refractivity contribution in [2.45, 2.75) is 59.1 Å². The summed E-state index contributed by atoms with van der Waals surface area (Å²) in [6, 6.07) is 5.48. The second kappa shape index (κ2) is 7.83. The number of nitrogens with zero attached hydrogens (tertiary/aromatic N) is 1. The Morgan fingerprint density at radius 1 is 1.18 bits per heavy atom. The third-order valence-corrected chi connectivity index (χ3v) is 8.01. The highest BCUT2D eigenvalue weighted by Gasteiger charge is 2.64. The maximum absolute atomic E-state index is 13.7. The third kappa shape index (κ3) is 3.65. The number of rotatable bonds is 4. The highest BCUT2D eigenvalue weighted by Crippen LogP contribution is 2.63. The van der Waals surface area contributed by atoms with Crippen LogP contribution in [0.4, 0.5) is 13.2 Å². The number of carbonyl (C=O) groups excluding carboxylic acids is 2. The van der Waals surface area contributed by atoms with E-state index in [9.17, 15) is 22.8 Å². The fraction of sp³-hybridized carbons (Fsp3) is 0.480. The molecule has 0 radical (unpaired) electrons. The van der Waals surface area contributed by atoms with Crippen molar-refractivity contribution in [2.75, 3.05) is 0 Å². The molecular weight excluding hydrogens is 455 g/mol. The number of aromatic nitrogens is 1. The molecule has 8 heteroatoms. The van der Waals surface area contributed by atoms with Gasteiger partial charge in [-0.15, -0.1) is 0 Å². The molecule has 2 aromatic rings. The maximum atomic E-state index is 13.7. The molecule has 0 amide bonds. The Morgan fingerprint density at radius 3 is 2.52 bits per heavy atom. The van der Waals surface area contributed by atoms with Crippen LogP contribution in [0.1, 0.15) is 63.1 Å². The lowest BCUT2D eigenvalue weighted by Gasteiger charge is -2.46. The van der Waals surface area contributed by atoms with Crippen LogP contribution in [-0.2, 0) is 22.2 Å².